The number of nitrogens with zero attached hydrogens (tertiary/aromatic N) is 6. The summed E-state index contributed by atoms with van der Waals surface area (Å²) in [5.74, 6) is -0.230. The standard InChI is InChI=1S/C7H9N7OS/c1-2-6-10-11-7(16-6)9-5(15)3-14-4-8-12-13-14/h4H,2-3H2,1H3,(H,9,11,15). The topological polar surface area (TPSA) is 98.5 Å². The molecular formula is C7H9N7OS. The van der Waals surface area contributed by atoms with Gasteiger partial charge in [0.2, 0.25) is 11.0 Å². The van der Waals surface area contributed by atoms with E-state index in [-0.39, 0.29) is 12.5 Å². The van der Waals surface area contributed by atoms with Crippen molar-refractivity contribution in [3.8, 4) is 0 Å². The van der Waals surface area contributed by atoms with Crippen LogP contribution in [0.3, 0.4) is 0 Å². The van der Waals surface area contributed by atoms with Crippen molar-refractivity contribution in [3.63, 3.8) is 0 Å². The summed E-state index contributed by atoms with van der Waals surface area (Å²) in [7, 11) is 0. The van der Waals surface area contributed by atoms with Crippen molar-refractivity contribution in [3.05, 3.63) is 11.3 Å². The van der Waals surface area contributed by atoms with Crippen LogP contribution in [0, 0.1) is 0 Å². The van der Waals surface area contributed by atoms with E-state index in [1.807, 2.05) is 6.92 Å². The molecule has 2 rings (SSSR count). The second-order valence-corrected chi connectivity index (χ2v) is 3.97. The molecule has 0 atom stereocenters. The predicted molar refractivity (Wildman–Crippen MR) is 55.7 cm³/mol. The van der Waals surface area contributed by atoms with Gasteiger partial charge in [-0.25, -0.2) is 4.68 Å². The molecule has 1 N–H and O–H groups in total. The minimum Gasteiger partial charge on any atom is -0.299 e. The number of amides is 1. The molecule has 0 fully saturated rings. The number of nitrogens with one attached hydrogen (secondary N) is 1. The highest BCUT2D eigenvalue weighted by atomic mass is 32.1. The van der Waals surface area contributed by atoms with E-state index in [0.717, 1.165) is 11.4 Å². The van der Waals surface area contributed by atoms with Crippen LogP contribution in [0.15, 0.2) is 6.33 Å². The van der Waals surface area contributed by atoms with Gasteiger partial charge in [-0.05, 0) is 16.8 Å². The summed E-state index contributed by atoms with van der Waals surface area (Å²) in [5.41, 5.74) is 0. The number of hydrogen-bond donors (Lipinski definition) is 1. The molecule has 0 saturated heterocycles. The second kappa shape index (κ2) is 4.75. The first-order valence-corrected chi connectivity index (χ1v) is 5.42. The molecule has 0 radical (unpaired) electrons. The van der Waals surface area contributed by atoms with Gasteiger partial charge in [-0.15, -0.1) is 15.3 Å². The van der Waals surface area contributed by atoms with Crippen LogP contribution in [0.2, 0.25) is 0 Å². The zero-order valence-corrected chi connectivity index (χ0v) is 9.31. The Balaban J connectivity index is 1.92. The van der Waals surface area contributed by atoms with Crippen molar-refractivity contribution in [1.29, 1.82) is 0 Å². The minimum atomic E-state index is -0.230. The van der Waals surface area contributed by atoms with Crippen LogP contribution in [-0.2, 0) is 17.8 Å². The van der Waals surface area contributed by atoms with Crippen LogP contribution in [0.1, 0.15) is 11.9 Å². The molecule has 0 spiro atoms. The lowest BCUT2D eigenvalue weighted by Crippen LogP contribution is -2.19. The van der Waals surface area contributed by atoms with Gasteiger partial charge in [0.1, 0.15) is 17.9 Å². The van der Waals surface area contributed by atoms with Gasteiger partial charge in [0.05, 0.1) is 0 Å². The average molecular weight is 239 g/mol. The number of aromatic nitrogens is 6. The lowest BCUT2D eigenvalue weighted by molar-refractivity contribution is -0.116. The zero-order chi connectivity index (χ0) is 11.4. The Hall–Kier alpha value is -1.90. The van der Waals surface area contributed by atoms with Crippen LogP contribution in [0.5, 0.6) is 0 Å². The maximum atomic E-state index is 11.5. The van der Waals surface area contributed by atoms with Crippen LogP contribution >= 0.6 is 11.3 Å². The van der Waals surface area contributed by atoms with E-state index in [9.17, 15) is 4.79 Å². The molecular weight excluding hydrogens is 230 g/mol. The monoisotopic (exact) mass is 239 g/mol. The number of tetrazole rings is 1. The van der Waals surface area contributed by atoms with Crippen molar-refractivity contribution < 1.29 is 4.79 Å². The number of hydrogen-bond acceptors (Lipinski definition) is 7. The molecule has 1 amide bonds. The summed E-state index contributed by atoms with van der Waals surface area (Å²) in [6.45, 7) is 2.04. The Labute approximate surface area is 94.7 Å². The van der Waals surface area contributed by atoms with E-state index >= 15 is 0 Å². The number of rotatable bonds is 4. The second-order valence-electron chi connectivity index (χ2n) is 2.91. The van der Waals surface area contributed by atoms with Gasteiger partial charge in [-0.1, -0.05) is 18.3 Å². The third-order valence-corrected chi connectivity index (χ3v) is 2.70. The normalized spacial score (nSPS) is 10.3. The predicted octanol–water partition coefficient (Wildman–Crippen LogP) is -0.274. The fraction of sp³-hybridized carbons (Fsp3) is 0.429. The first kappa shape index (κ1) is 10.6. The van der Waals surface area contributed by atoms with Gasteiger partial charge in [0.15, 0.2) is 0 Å². The molecule has 2 aromatic heterocycles. The number of aryl methyl sites for hydroxylation is 1. The van der Waals surface area contributed by atoms with E-state index in [0.29, 0.717) is 5.13 Å². The molecule has 84 valence electrons. The van der Waals surface area contributed by atoms with Gasteiger partial charge in [-0.2, -0.15) is 0 Å². The van der Waals surface area contributed by atoms with Crippen LogP contribution in [-0.4, -0.2) is 36.3 Å². The molecule has 2 heterocycles. The Morgan fingerprint density at radius 3 is 3.06 bits per heavy atom. The summed E-state index contributed by atoms with van der Waals surface area (Å²) < 4.78 is 1.33. The van der Waals surface area contributed by atoms with E-state index in [2.05, 4.69) is 31.0 Å². The zero-order valence-electron chi connectivity index (χ0n) is 8.49. The summed E-state index contributed by atoms with van der Waals surface area (Å²) >= 11 is 1.36. The molecule has 0 aliphatic heterocycles. The van der Waals surface area contributed by atoms with Crippen molar-refractivity contribution >= 4 is 22.4 Å². The van der Waals surface area contributed by atoms with E-state index in [1.165, 1.54) is 22.3 Å². The molecule has 0 unspecified atom stereocenters. The Kier molecular flexibility index (Phi) is 3.15. The van der Waals surface area contributed by atoms with Gasteiger partial charge in [-0.3, -0.25) is 10.1 Å². The van der Waals surface area contributed by atoms with Crippen LogP contribution in [0.25, 0.3) is 0 Å². The lowest BCUT2D eigenvalue weighted by atomic mass is 10.5. The van der Waals surface area contributed by atoms with Crippen molar-refractivity contribution in [2.75, 3.05) is 5.32 Å². The highest BCUT2D eigenvalue weighted by molar-refractivity contribution is 7.15. The van der Waals surface area contributed by atoms with Crippen LogP contribution < -0.4 is 5.32 Å². The molecule has 16 heavy (non-hydrogen) atoms. The van der Waals surface area contributed by atoms with Gasteiger partial charge >= 0.3 is 0 Å². The van der Waals surface area contributed by atoms with E-state index < -0.39 is 0 Å². The average Bonchev–Trinajstić information content (AvgIpc) is 2.89. The Bertz CT molecular complexity index is 465. The summed E-state index contributed by atoms with van der Waals surface area (Å²) in [5, 5.41) is 22.2. The quantitative estimate of drug-likeness (QED) is 0.788. The first-order chi connectivity index (χ1) is 7.78. The number of anilines is 1. The SMILES string of the molecule is CCc1nnc(NC(=O)Cn2cnnn2)s1. The number of carbonyl (C=O) groups excluding carboxylic acids is 1. The maximum absolute atomic E-state index is 11.5. The summed E-state index contributed by atoms with van der Waals surface area (Å²) in [4.78, 5) is 11.5. The third-order valence-electron chi connectivity index (χ3n) is 1.71. The maximum Gasteiger partial charge on any atom is 0.248 e. The first-order valence-electron chi connectivity index (χ1n) is 4.61. The van der Waals surface area contributed by atoms with Crippen molar-refractivity contribution in [2.24, 2.45) is 0 Å². The number of carbonyl (C=O) groups is 1. The van der Waals surface area contributed by atoms with E-state index in [1.54, 1.807) is 0 Å². The Morgan fingerprint density at radius 2 is 2.44 bits per heavy atom. The largest absolute Gasteiger partial charge is 0.299 e. The van der Waals surface area contributed by atoms with Crippen molar-refractivity contribution in [1.82, 2.24) is 30.4 Å². The third kappa shape index (κ3) is 2.57. The molecule has 0 bridgehead atoms. The molecule has 0 aliphatic carbocycles. The molecule has 2 aromatic rings. The fourth-order valence-corrected chi connectivity index (χ4v) is 1.70. The molecule has 0 aromatic carbocycles. The fourth-order valence-electron chi connectivity index (χ4n) is 1.01. The summed E-state index contributed by atoms with van der Waals surface area (Å²) in [6, 6.07) is 0. The molecule has 0 aliphatic rings. The smallest absolute Gasteiger partial charge is 0.248 e. The molecule has 9 heteroatoms. The lowest BCUT2D eigenvalue weighted by Gasteiger charge is -1.98. The summed E-state index contributed by atoms with van der Waals surface area (Å²) in [6.07, 6.45) is 2.18. The highest BCUT2D eigenvalue weighted by Crippen LogP contribution is 2.14. The van der Waals surface area contributed by atoms with Gasteiger partial charge < -0.3 is 0 Å². The molecule has 8 nitrogen and oxygen atoms in total. The van der Waals surface area contributed by atoms with Crippen LogP contribution in [0.4, 0.5) is 5.13 Å². The van der Waals surface area contributed by atoms with Gasteiger partial charge in [0.25, 0.3) is 0 Å². The molecule has 0 saturated carbocycles. The minimum absolute atomic E-state index is 0.0635. The highest BCUT2D eigenvalue weighted by Gasteiger charge is 2.08. The van der Waals surface area contributed by atoms with Gasteiger partial charge in [0, 0.05) is 0 Å². The Morgan fingerprint density at radius 1 is 1.56 bits per heavy atom. The van der Waals surface area contributed by atoms with E-state index in [4.69, 9.17) is 0 Å². The van der Waals surface area contributed by atoms with Crippen molar-refractivity contribution in [2.45, 2.75) is 19.9 Å².